The molecule has 0 radical (unpaired) electrons. The highest BCUT2D eigenvalue weighted by molar-refractivity contribution is 6.30. The molecule has 1 fully saturated rings. The van der Waals surface area contributed by atoms with Crippen molar-refractivity contribution < 1.29 is 9.59 Å². The number of benzene rings is 2. The van der Waals surface area contributed by atoms with E-state index in [1.807, 2.05) is 36.1 Å². The van der Waals surface area contributed by atoms with Crippen molar-refractivity contribution >= 4 is 23.4 Å². The zero-order chi connectivity index (χ0) is 17.8. The summed E-state index contributed by atoms with van der Waals surface area (Å²) in [4.78, 5) is 26.6. The third-order valence-corrected chi connectivity index (χ3v) is 4.77. The van der Waals surface area contributed by atoms with Gasteiger partial charge in [0, 0.05) is 35.3 Å². The lowest BCUT2D eigenvalue weighted by Crippen LogP contribution is -2.46. The van der Waals surface area contributed by atoms with E-state index in [0.29, 0.717) is 29.2 Å². The summed E-state index contributed by atoms with van der Waals surface area (Å²) in [6.07, 6.45) is 1.52. The molecule has 0 bridgehead atoms. The predicted molar refractivity (Wildman–Crippen MR) is 99.0 cm³/mol. The Morgan fingerprint density at radius 1 is 0.960 bits per heavy atom. The van der Waals surface area contributed by atoms with E-state index in [2.05, 4.69) is 5.32 Å². The van der Waals surface area contributed by atoms with Crippen LogP contribution in [0.4, 0.5) is 0 Å². The summed E-state index contributed by atoms with van der Waals surface area (Å²) in [5, 5.41) is 3.65. The fraction of sp³-hybridized carbons (Fsp3) is 0.300. The van der Waals surface area contributed by atoms with Crippen LogP contribution in [0.1, 0.15) is 39.1 Å². The minimum absolute atomic E-state index is 0.0578. The van der Waals surface area contributed by atoms with Gasteiger partial charge in [-0.1, -0.05) is 29.3 Å². The summed E-state index contributed by atoms with van der Waals surface area (Å²) in [7, 11) is 0. The third kappa shape index (κ3) is 4.40. The summed E-state index contributed by atoms with van der Waals surface area (Å²) in [5.74, 6) is -0.0394. The molecule has 0 unspecified atom stereocenters. The van der Waals surface area contributed by atoms with E-state index < -0.39 is 0 Å². The fourth-order valence-corrected chi connectivity index (χ4v) is 3.10. The Balaban J connectivity index is 1.53. The van der Waals surface area contributed by atoms with Crippen molar-refractivity contribution in [3.63, 3.8) is 0 Å². The predicted octanol–water partition coefficient (Wildman–Crippen LogP) is 3.68. The first kappa shape index (κ1) is 17.5. The number of nitrogens with zero attached hydrogens (tertiary/aromatic N) is 1. The summed E-state index contributed by atoms with van der Waals surface area (Å²) >= 11 is 5.84. The maximum atomic E-state index is 12.5. The Kier molecular flexibility index (Phi) is 5.39. The summed E-state index contributed by atoms with van der Waals surface area (Å²) in [6, 6.07) is 14.6. The molecule has 3 rings (SSSR count). The molecule has 1 N–H and O–H groups in total. The van der Waals surface area contributed by atoms with Crippen LogP contribution in [0.5, 0.6) is 0 Å². The zero-order valence-electron chi connectivity index (χ0n) is 14.2. The van der Waals surface area contributed by atoms with E-state index in [4.69, 9.17) is 11.6 Å². The van der Waals surface area contributed by atoms with Crippen LogP contribution in [0.15, 0.2) is 48.5 Å². The molecular weight excluding hydrogens is 336 g/mol. The molecule has 2 aromatic rings. The van der Waals surface area contributed by atoms with Crippen molar-refractivity contribution in [2.24, 2.45) is 0 Å². The molecule has 1 aliphatic heterocycles. The molecule has 1 saturated heterocycles. The maximum absolute atomic E-state index is 12.5. The van der Waals surface area contributed by atoms with Crippen molar-refractivity contribution in [2.75, 3.05) is 13.1 Å². The summed E-state index contributed by atoms with van der Waals surface area (Å²) in [6.45, 7) is 3.31. The van der Waals surface area contributed by atoms with Crippen molar-refractivity contribution in [3.05, 3.63) is 70.2 Å². The van der Waals surface area contributed by atoms with Crippen LogP contribution in [0.25, 0.3) is 0 Å². The Hall–Kier alpha value is -2.33. The van der Waals surface area contributed by atoms with Gasteiger partial charge >= 0.3 is 0 Å². The quantitative estimate of drug-likeness (QED) is 0.911. The first-order valence-corrected chi connectivity index (χ1v) is 8.83. The van der Waals surface area contributed by atoms with Crippen LogP contribution < -0.4 is 5.32 Å². The molecule has 5 heteroatoms. The second kappa shape index (κ2) is 7.70. The highest BCUT2D eigenvalue weighted by atomic mass is 35.5. The number of piperidine rings is 1. The van der Waals surface area contributed by atoms with Crippen LogP contribution in [0.2, 0.25) is 5.02 Å². The molecule has 1 heterocycles. The average molecular weight is 357 g/mol. The molecule has 1 aliphatic rings. The lowest BCUT2D eigenvalue weighted by atomic mass is 10.0. The normalized spacial score (nSPS) is 15.0. The lowest BCUT2D eigenvalue weighted by Gasteiger charge is -2.32. The second-order valence-electron chi connectivity index (χ2n) is 6.41. The first-order chi connectivity index (χ1) is 12.0. The zero-order valence-corrected chi connectivity index (χ0v) is 14.9. The number of likely N-dealkylation sites (tertiary alicyclic amines) is 1. The molecule has 25 heavy (non-hydrogen) atoms. The van der Waals surface area contributed by atoms with E-state index in [9.17, 15) is 9.59 Å². The van der Waals surface area contributed by atoms with Gasteiger partial charge in [0.2, 0.25) is 0 Å². The monoisotopic (exact) mass is 356 g/mol. The second-order valence-corrected chi connectivity index (χ2v) is 6.85. The number of hydrogen-bond acceptors (Lipinski definition) is 2. The van der Waals surface area contributed by atoms with Crippen LogP contribution in [-0.2, 0) is 0 Å². The van der Waals surface area contributed by atoms with Gasteiger partial charge in [0.05, 0.1) is 0 Å². The van der Waals surface area contributed by atoms with Gasteiger partial charge in [-0.15, -0.1) is 0 Å². The van der Waals surface area contributed by atoms with Crippen LogP contribution in [0, 0.1) is 6.92 Å². The molecule has 2 aromatic carbocycles. The molecular formula is C20H21ClN2O2. The largest absolute Gasteiger partial charge is 0.349 e. The van der Waals surface area contributed by atoms with Gasteiger partial charge in [-0.3, -0.25) is 9.59 Å². The Labute approximate surface area is 152 Å². The molecule has 0 aliphatic carbocycles. The summed E-state index contributed by atoms with van der Waals surface area (Å²) < 4.78 is 0. The number of halogens is 1. The Morgan fingerprint density at radius 2 is 1.52 bits per heavy atom. The van der Waals surface area contributed by atoms with E-state index in [1.54, 1.807) is 24.3 Å². The number of aryl methyl sites for hydroxylation is 1. The van der Waals surface area contributed by atoms with Gasteiger partial charge in [-0.2, -0.15) is 0 Å². The van der Waals surface area contributed by atoms with E-state index in [0.717, 1.165) is 18.4 Å². The SMILES string of the molecule is Cc1ccc(C(=O)N2CCC(NC(=O)c3ccc(Cl)cc3)CC2)cc1. The molecule has 4 nitrogen and oxygen atoms in total. The highest BCUT2D eigenvalue weighted by Gasteiger charge is 2.24. The van der Waals surface area contributed by atoms with E-state index in [1.165, 1.54) is 0 Å². The number of hydrogen-bond donors (Lipinski definition) is 1. The van der Waals surface area contributed by atoms with Crippen molar-refractivity contribution in [3.8, 4) is 0 Å². The van der Waals surface area contributed by atoms with E-state index in [-0.39, 0.29) is 17.9 Å². The topological polar surface area (TPSA) is 49.4 Å². The van der Waals surface area contributed by atoms with Gasteiger partial charge in [-0.05, 0) is 56.2 Å². The van der Waals surface area contributed by atoms with Gasteiger partial charge < -0.3 is 10.2 Å². The molecule has 0 atom stereocenters. The lowest BCUT2D eigenvalue weighted by molar-refractivity contribution is 0.0698. The van der Waals surface area contributed by atoms with E-state index >= 15 is 0 Å². The third-order valence-electron chi connectivity index (χ3n) is 4.52. The van der Waals surface area contributed by atoms with Gasteiger partial charge in [0.25, 0.3) is 11.8 Å². The van der Waals surface area contributed by atoms with Crippen LogP contribution in [-0.4, -0.2) is 35.8 Å². The summed E-state index contributed by atoms with van der Waals surface area (Å²) in [5.41, 5.74) is 2.46. The van der Waals surface area contributed by atoms with Gasteiger partial charge in [-0.25, -0.2) is 0 Å². The standard InChI is InChI=1S/C20H21ClN2O2/c1-14-2-4-16(5-3-14)20(25)23-12-10-18(11-13-23)22-19(24)15-6-8-17(21)9-7-15/h2-9,18H,10-13H2,1H3,(H,22,24). The maximum Gasteiger partial charge on any atom is 0.253 e. The number of carbonyl (C=O) groups excluding carboxylic acids is 2. The Bertz CT molecular complexity index is 748. The first-order valence-electron chi connectivity index (χ1n) is 8.45. The number of nitrogens with one attached hydrogen (secondary N) is 1. The molecule has 0 saturated carbocycles. The average Bonchev–Trinajstić information content (AvgIpc) is 2.63. The van der Waals surface area contributed by atoms with Crippen molar-refractivity contribution in [1.29, 1.82) is 0 Å². The number of amides is 2. The Morgan fingerprint density at radius 3 is 2.12 bits per heavy atom. The minimum atomic E-state index is -0.0972. The van der Waals surface area contributed by atoms with Crippen molar-refractivity contribution in [2.45, 2.75) is 25.8 Å². The van der Waals surface area contributed by atoms with Crippen LogP contribution in [0.3, 0.4) is 0 Å². The molecule has 0 aromatic heterocycles. The fourth-order valence-electron chi connectivity index (χ4n) is 2.98. The van der Waals surface area contributed by atoms with Crippen molar-refractivity contribution in [1.82, 2.24) is 10.2 Å². The molecule has 130 valence electrons. The van der Waals surface area contributed by atoms with Crippen LogP contribution >= 0.6 is 11.6 Å². The highest BCUT2D eigenvalue weighted by Crippen LogP contribution is 2.16. The minimum Gasteiger partial charge on any atom is -0.349 e. The smallest absolute Gasteiger partial charge is 0.253 e. The molecule has 2 amide bonds. The molecule has 0 spiro atoms. The van der Waals surface area contributed by atoms with Gasteiger partial charge in [0.1, 0.15) is 0 Å². The number of rotatable bonds is 3. The van der Waals surface area contributed by atoms with Gasteiger partial charge in [0.15, 0.2) is 0 Å². The number of carbonyl (C=O) groups is 2.